The molecule has 0 saturated carbocycles. The summed E-state index contributed by atoms with van der Waals surface area (Å²) in [6.45, 7) is 2.21. The van der Waals surface area contributed by atoms with Gasteiger partial charge in [-0.2, -0.15) is 5.10 Å². The molecular formula is C35H27N3. The second-order valence-electron chi connectivity index (χ2n) is 9.56. The molecule has 3 nitrogen and oxygen atoms in total. The van der Waals surface area contributed by atoms with Gasteiger partial charge in [0.2, 0.25) is 0 Å². The maximum absolute atomic E-state index is 5.20. The van der Waals surface area contributed by atoms with Crippen LogP contribution in [-0.4, -0.2) is 14.3 Å². The monoisotopic (exact) mass is 489 g/mol. The second-order valence-corrected chi connectivity index (χ2v) is 9.56. The van der Waals surface area contributed by atoms with Crippen molar-refractivity contribution in [1.82, 2.24) is 14.3 Å². The summed E-state index contributed by atoms with van der Waals surface area (Å²) in [5.74, 6) is 0. The van der Waals surface area contributed by atoms with Crippen molar-refractivity contribution in [2.24, 2.45) is 0 Å². The molecule has 7 aromatic rings. The van der Waals surface area contributed by atoms with Crippen LogP contribution in [0.5, 0.6) is 0 Å². The smallest absolute Gasteiger partial charge is 0.0966 e. The lowest BCUT2D eigenvalue weighted by atomic mass is 10.00. The zero-order valence-corrected chi connectivity index (χ0v) is 21.3. The number of rotatable bonds is 5. The second kappa shape index (κ2) is 9.20. The summed E-state index contributed by atoms with van der Waals surface area (Å²) in [5.41, 5.74) is 10.4. The number of para-hydroxylation sites is 2. The highest BCUT2D eigenvalue weighted by atomic mass is 15.3. The average Bonchev–Trinajstić information content (AvgIpc) is 3.55. The van der Waals surface area contributed by atoms with Gasteiger partial charge in [-0.05, 0) is 42.8 Å². The van der Waals surface area contributed by atoms with Crippen molar-refractivity contribution < 1.29 is 0 Å². The third-order valence-corrected chi connectivity index (χ3v) is 7.36. The highest BCUT2D eigenvalue weighted by molar-refractivity contribution is 6.09. The van der Waals surface area contributed by atoms with Crippen LogP contribution in [0.15, 0.2) is 133 Å². The Morgan fingerprint density at radius 3 is 1.61 bits per heavy atom. The molecule has 0 atom stereocenters. The normalized spacial score (nSPS) is 11.4. The SMILES string of the molecule is CCc1c(-c2ccccc2)nn(-c2ccc(-n3c4ccccc4c4ccccc43)cc2)c1-c1ccccc1. The molecule has 2 aromatic heterocycles. The van der Waals surface area contributed by atoms with E-state index in [4.69, 9.17) is 5.10 Å². The van der Waals surface area contributed by atoms with E-state index >= 15 is 0 Å². The lowest BCUT2D eigenvalue weighted by molar-refractivity contribution is 0.890. The van der Waals surface area contributed by atoms with E-state index in [1.165, 1.54) is 32.9 Å². The van der Waals surface area contributed by atoms with E-state index in [0.29, 0.717) is 0 Å². The molecule has 3 heteroatoms. The van der Waals surface area contributed by atoms with Crippen molar-refractivity contribution in [2.45, 2.75) is 13.3 Å². The standard InChI is InChI=1S/C35H27N3/c1-2-29-34(25-13-5-3-6-14-25)36-38(35(29)26-15-7-4-8-16-26)28-23-21-27(22-24-28)37-32-19-11-9-17-30(32)31-18-10-12-20-33(31)37/h3-24H,2H2,1H3. The minimum atomic E-state index is 0.897. The van der Waals surface area contributed by atoms with Gasteiger partial charge in [-0.1, -0.05) is 104 Å². The number of hydrogen-bond donors (Lipinski definition) is 0. The molecule has 0 aliphatic heterocycles. The highest BCUT2D eigenvalue weighted by Gasteiger charge is 2.20. The number of benzene rings is 5. The highest BCUT2D eigenvalue weighted by Crippen LogP contribution is 2.36. The first-order valence-electron chi connectivity index (χ1n) is 13.1. The molecule has 0 bridgehead atoms. The van der Waals surface area contributed by atoms with Crippen LogP contribution in [0.2, 0.25) is 0 Å². The molecule has 0 spiro atoms. The van der Waals surface area contributed by atoms with Crippen molar-refractivity contribution in [1.29, 1.82) is 0 Å². The Labute approximate surface area is 222 Å². The molecule has 0 saturated heterocycles. The number of nitrogens with zero attached hydrogens (tertiary/aromatic N) is 3. The van der Waals surface area contributed by atoms with E-state index in [9.17, 15) is 0 Å². The van der Waals surface area contributed by atoms with Crippen LogP contribution in [0.25, 0.3) is 55.7 Å². The van der Waals surface area contributed by atoms with Crippen LogP contribution in [0.1, 0.15) is 12.5 Å². The molecule has 0 N–H and O–H groups in total. The first kappa shape index (κ1) is 22.3. The molecule has 2 heterocycles. The van der Waals surface area contributed by atoms with E-state index in [2.05, 4.69) is 150 Å². The Kier molecular flexibility index (Phi) is 5.41. The summed E-state index contributed by atoms with van der Waals surface area (Å²) in [7, 11) is 0. The number of aromatic nitrogens is 3. The molecule has 0 unspecified atom stereocenters. The molecule has 0 amide bonds. The first-order chi connectivity index (χ1) is 18.8. The van der Waals surface area contributed by atoms with Gasteiger partial charge in [-0.15, -0.1) is 0 Å². The minimum absolute atomic E-state index is 0.897. The van der Waals surface area contributed by atoms with Crippen LogP contribution in [0, 0.1) is 0 Å². The molecule has 38 heavy (non-hydrogen) atoms. The fraction of sp³-hybridized carbons (Fsp3) is 0.0571. The summed E-state index contributed by atoms with van der Waals surface area (Å²) in [6.07, 6.45) is 0.897. The Morgan fingerprint density at radius 2 is 1.03 bits per heavy atom. The van der Waals surface area contributed by atoms with Gasteiger partial charge in [0.1, 0.15) is 0 Å². The third-order valence-electron chi connectivity index (χ3n) is 7.36. The first-order valence-corrected chi connectivity index (χ1v) is 13.1. The van der Waals surface area contributed by atoms with E-state index in [1.807, 2.05) is 0 Å². The molecule has 5 aromatic carbocycles. The summed E-state index contributed by atoms with van der Waals surface area (Å²) < 4.78 is 4.47. The molecule has 0 radical (unpaired) electrons. The van der Waals surface area contributed by atoms with Crippen LogP contribution >= 0.6 is 0 Å². The molecular weight excluding hydrogens is 462 g/mol. The van der Waals surface area contributed by atoms with Crippen LogP contribution in [0.4, 0.5) is 0 Å². The van der Waals surface area contributed by atoms with Crippen LogP contribution in [0.3, 0.4) is 0 Å². The summed E-state index contributed by atoms with van der Waals surface area (Å²) in [5, 5.41) is 7.74. The molecule has 7 rings (SSSR count). The van der Waals surface area contributed by atoms with E-state index in [1.54, 1.807) is 0 Å². The Morgan fingerprint density at radius 1 is 0.526 bits per heavy atom. The lowest BCUT2D eigenvalue weighted by Gasteiger charge is -2.12. The van der Waals surface area contributed by atoms with Gasteiger partial charge in [0, 0.05) is 33.2 Å². The zero-order chi connectivity index (χ0) is 25.5. The van der Waals surface area contributed by atoms with E-state index in [-0.39, 0.29) is 0 Å². The summed E-state index contributed by atoms with van der Waals surface area (Å²) in [4.78, 5) is 0. The predicted molar refractivity (Wildman–Crippen MR) is 158 cm³/mol. The Hall–Kier alpha value is -4.89. The van der Waals surface area contributed by atoms with E-state index in [0.717, 1.165) is 34.7 Å². The maximum Gasteiger partial charge on any atom is 0.0966 e. The van der Waals surface area contributed by atoms with Gasteiger partial charge in [0.25, 0.3) is 0 Å². The van der Waals surface area contributed by atoms with Crippen LogP contribution < -0.4 is 0 Å². The topological polar surface area (TPSA) is 22.8 Å². The van der Waals surface area contributed by atoms with Gasteiger partial charge in [-0.3, -0.25) is 0 Å². The maximum atomic E-state index is 5.20. The molecule has 0 aliphatic rings. The average molecular weight is 490 g/mol. The fourth-order valence-electron chi connectivity index (χ4n) is 5.64. The summed E-state index contributed by atoms with van der Waals surface area (Å²) in [6, 6.07) is 47.1. The van der Waals surface area contributed by atoms with Gasteiger partial charge < -0.3 is 4.57 Å². The fourth-order valence-corrected chi connectivity index (χ4v) is 5.64. The van der Waals surface area contributed by atoms with Crippen molar-refractivity contribution in [3.05, 3.63) is 139 Å². The van der Waals surface area contributed by atoms with Crippen molar-refractivity contribution in [3.8, 4) is 33.9 Å². The third kappa shape index (κ3) is 3.55. The number of fused-ring (bicyclic) bond motifs is 3. The quantitative estimate of drug-likeness (QED) is 0.237. The van der Waals surface area contributed by atoms with Gasteiger partial charge in [0.15, 0.2) is 0 Å². The largest absolute Gasteiger partial charge is 0.309 e. The van der Waals surface area contributed by atoms with Gasteiger partial charge in [-0.25, -0.2) is 4.68 Å². The Bertz CT molecular complexity index is 1820. The van der Waals surface area contributed by atoms with Crippen molar-refractivity contribution in [2.75, 3.05) is 0 Å². The minimum Gasteiger partial charge on any atom is -0.309 e. The Balaban J connectivity index is 1.42. The number of hydrogen-bond acceptors (Lipinski definition) is 1. The molecule has 182 valence electrons. The zero-order valence-electron chi connectivity index (χ0n) is 21.3. The van der Waals surface area contributed by atoms with Gasteiger partial charge in [0.05, 0.1) is 28.1 Å². The van der Waals surface area contributed by atoms with Crippen LogP contribution in [-0.2, 0) is 6.42 Å². The lowest BCUT2D eigenvalue weighted by Crippen LogP contribution is -2.01. The summed E-state index contributed by atoms with van der Waals surface area (Å²) >= 11 is 0. The van der Waals surface area contributed by atoms with Crippen molar-refractivity contribution >= 4 is 21.8 Å². The van der Waals surface area contributed by atoms with Crippen molar-refractivity contribution in [3.63, 3.8) is 0 Å². The predicted octanol–water partition coefficient (Wildman–Crippen LogP) is 8.87. The van der Waals surface area contributed by atoms with Gasteiger partial charge >= 0.3 is 0 Å². The van der Waals surface area contributed by atoms with E-state index < -0.39 is 0 Å². The molecule has 0 aliphatic carbocycles. The molecule has 0 fully saturated rings.